The molecule has 426 valence electrons. The zero-order valence-electron chi connectivity index (χ0n) is 46.7. The number of hydrogen-bond acceptors (Lipinski definition) is 15. The molecule has 5 amide bonds. The first kappa shape index (κ1) is 58.5. The number of rotatable bonds is 25. The summed E-state index contributed by atoms with van der Waals surface area (Å²) >= 11 is 0. The lowest BCUT2D eigenvalue weighted by molar-refractivity contribution is -0.162. The first-order valence-corrected chi connectivity index (χ1v) is 27.5. The van der Waals surface area contributed by atoms with Gasteiger partial charge in [-0.3, -0.25) is 34.1 Å². The van der Waals surface area contributed by atoms with Crippen molar-refractivity contribution in [2.75, 3.05) is 47.6 Å². The molecule has 8 rings (SSSR count). The zero-order valence-corrected chi connectivity index (χ0v) is 46.7. The van der Waals surface area contributed by atoms with Crippen molar-refractivity contribution in [2.45, 2.75) is 116 Å². The van der Waals surface area contributed by atoms with Gasteiger partial charge in [-0.2, -0.15) is 10.2 Å². The van der Waals surface area contributed by atoms with Crippen molar-refractivity contribution in [3.63, 3.8) is 0 Å². The number of para-hydroxylation sites is 1. The highest BCUT2D eigenvalue weighted by Crippen LogP contribution is 2.38. The summed E-state index contributed by atoms with van der Waals surface area (Å²) in [6.07, 6.45) is 3.41. The number of amides is 5. The van der Waals surface area contributed by atoms with E-state index in [1.54, 1.807) is 80.8 Å². The maximum atomic E-state index is 14.5. The fourth-order valence-electron chi connectivity index (χ4n) is 10.7. The normalized spacial score (nSPS) is 16.7. The van der Waals surface area contributed by atoms with Crippen LogP contribution < -0.4 is 34.3 Å². The van der Waals surface area contributed by atoms with E-state index in [9.17, 15) is 33.6 Å². The third-order valence-corrected chi connectivity index (χ3v) is 14.9. The van der Waals surface area contributed by atoms with Gasteiger partial charge in [-0.05, 0) is 142 Å². The second kappa shape index (κ2) is 27.5. The second-order valence-corrected chi connectivity index (χ2v) is 20.3. The summed E-state index contributed by atoms with van der Waals surface area (Å²) in [4.78, 5) is 95.6. The Hall–Kier alpha value is -8.61. The molecular formula is C62H70N6O13. The minimum Gasteiger partial charge on any atom is -0.496 e. The van der Waals surface area contributed by atoms with E-state index in [2.05, 4.69) is 20.9 Å². The standard InChI is InChI=1S/C62H70N6O13/c1-7-45(41-32-38(2)58(78-6)39(3)33-41)60(73)67-31-11-10-18-51(67)62(75)81-53(27-20-40-21-28-54(76-4)55(34-40)77-5)47-15-8-9-19-52(47)80-37-57(71)63-30-13-14-43(69)36-79-44-24-22-42(23-25-44)65-66-49-17-12-16-46-48(49)35-68(61(46)74)50-26-29-56(70)64-59(50)72/h8-9,12,15-17,19,21-25,28,32-34,45,50-51,53H,7,10-11,13-14,18,20,26-27,29-31,35-37H2,1-6H3,(H,63,71)(H,64,70,72)/t45-,50?,51-,53+/m0/s1. The number of benzene rings is 5. The lowest BCUT2D eigenvalue weighted by Gasteiger charge is -2.37. The van der Waals surface area contributed by atoms with Crippen LogP contribution in [0.5, 0.6) is 28.7 Å². The van der Waals surface area contributed by atoms with Crippen LogP contribution in [0.15, 0.2) is 107 Å². The fourth-order valence-corrected chi connectivity index (χ4v) is 10.7. The number of aryl methyl sites for hydroxylation is 3. The van der Waals surface area contributed by atoms with Gasteiger partial charge in [0.1, 0.15) is 42.0 Å². The SMILES string of the molecule is CC[C@H](C(=O)N1CCCC[C@H]1C(=O)O[C@H](CCc1ccc(OC)c(OC)c1)c1ccccc1OCC(=O)NCCCC(=O)COc1ccc(N=Nc2cccc3c2CN(C2CCC(=O)NC2=O)C3=O)cc1)c1cc(C)c(OC)c(C)c1. The molecule has 0 saturated carbocycles. The number of fused-ring (bicyclic) bond motifs is 1. The van der Waals surface area contributed by atoms with Crippen molar-refractivity contribution in [3.05, 3.63) is 136 Å². The summed E-state index contributed by atoms with van der Waals surface area (Å²) in [5.74, 6) is -0.118. The number of ether oxygens (including phenoxy) is 6. The highest BCUT2D eigenvalue weighted by atomic mass is 16.5. The Labute approximate surface area is 471 Å². The Kier molecular flexibility index (Phi) is 19.9. The van der Waals surface area contributed by atoms with E-state index in [1.165, 1.54) is 4.90 Å². The molecule has 0 bridgehead atoms. The first-order chi connectivity index (χ1) is 39.2. The molecule has 0 aliphatic carbocycles. The molecule has 0 spiro atoms. The van der Waals surface area contributed by atoms with Crippen LogP contribution in [0.3, 0.4) is 0 Å². The third-order valence-electron chi connectivity index (χ3n) is 14.9. The predicted molar refractivity (Wildman–Crippen MR) is 299 cm³/mol. The summed E-state index contributed by atoms with van der Waals surface area (Å²) in [5, 5.41) is 13.8. The number of esters is 1. The van der Waals surface area contributed by atoms with E-state index in [0.29, 0.717) is 89.7 Å². The van der Waals surface area contributed by atoms with Crippen LogP contribution in [0.25, 0.3) is 0 Å². The third kappa shape index (κ3) is 14.4. The van der Waals surface area contributed by atoms with Crippen LogP contribution in [-0.4, -0.2) is 111 Å². The average molecular weight is 1110 g/mol. The zero-order chi connectivity index (χ0) is 57.6. The van der Waals surface area contributed by atoms with E-state index in [4.69, 9.17) is 28.4 Å². The van der Waals surface area contributed by atoms with Gasteiger partial charge in [-0.15, -0.1) is 0 Å². The van der Waals surface area contributed by atoms with E-state index in [1.807, 2.05) is 63.2 Å². The average Bonchev–Trinajstić information content (AvgIpc) is 3.81. The Balaban J connectivity index is 0.836. The molecule has 4 atom stereocenters. The Morgan fingerprint density at radius 2 is 1.56 bits per heavy atom. The maximum Gasteiger partial charge on any atom is 0.329 e. The molecular weight excluding hydrogens is 1040 g/mol. The molecule has 3 heterocycles. The second-order valence-electron chi connectivity index (χ2n) is 20.3. The number of nitrogens with one attached hydrogen (secondary N) is 2. The lowest BCUT2D eigenvalue weighted by Crippen LogP contribution is -2.52. The Morgan fingerprint density at radius 3 is 2.28 bits per heavy atom. The first-order valence-electron chi connectivity index (χ1n) is 27.5. The molecule has 19 heteroatoms. The minimum atomic E-state index is -0.827. The molecule has 2 saturated heterocycles. The minimum absolute atomic E-state index is 0.125. The number of carbonyl (C=O) groups is 7. The molecule has 0 aromatic heterocycles. The van der Waals surface area contributed by atoms with Crippen molar-refractivity contribution in [1.29, 1.82) is 0 Å². The van der Waals surface area contributed by atoms with Crippen molar-refractivity contribution in [2.24, 2.45) is 10.2 Å². The van der Waals surface area contributed by atoms with Crippen LogP contribution >= 0.6 is 0 Å². The van der Waals surface area contributed by atoms with Gasteiger partial charge in [0.25, 0.3) is 11.8 Å². The van der Waals surface area contributed by atoms with Crippen LogP contribution in [0.1, 0.15) is 120 Å². The topological polar surface area (TPSA) is 230 Å². The summed E-state index contributed by atoms with van der Waals surface area (Å²) in [6, 6.07) is 27.0. The monoisotopic (exact) mass is 1110 g/mol. The summed E-state index contributed by atoms with van der Waals surface area (Å²) in [5.41, 5.74) is 6.27. The van der Waals surface area contributed by atoms with Gasteiger partial charge in [-0.25, -0.2) is 4.79 Å². The number of Topliss-reactive ketones (excluding diaryl/α,β-unsaturated/α-hetero) is 1. The molecule has 5 aromatic carbocycles. The molecule has 2 N–H and O–H groups in total. The van der Waals surface area contributed by atoms with Gasteiger partial charge < -0.3 is 43.5 Å². The number of likely N-dealkylation sites (tertiary alicyclic amines) is 1. The molecule has 3 aliphatic heterocycles. The van der Waals surface area contributed by atoms with Crippen molar-refractivity contribution in [1.82, 2.24) is 20.4 Å². The van der Waals surface area contributed by atoms with E-state index in [0.717, 1.165) is 40.8 Å². The predicted octanol–water partition coefficient (Wildman–Crippen LogP) is 9.22. The molecule has 0 radical (unpaired) electrons. The van der Waals surface area contributed by atoms with Gasteiger partial charge in [0.05, 0.1) is 38.6 Å². The number of carbonyl (C=O) groups excluding carboxylic acids is 7. The molecule has 3 aliphatic rings. The van der Waals surface area contributed by atoms with Crippen LogP contribution in [0.2, 0.25) is 0 Å². The highest BCUT2D eigenvalue weighted by Gasteiger charge is 2.41. The smallest absolute Gasteiger partial charge is 0.329 e. The van der Waals surface area contributed by atoms with Gasteiger partial charge in [0, 0.05) is 49.2 Å². The summed E-state index contributed by atoms with van der Waals surface area (Å²) < 4.78 is 35.0. The van der Waals surface area contributed by atoms with Crippen LogP contribution in [-0.2, 0) is 46.5 Å². The Bertz CT molecular complexity index is 3140. The number of piperidine rings is 2. The molecule has 2 fully saturated rings. The van der Waals surface area contributed by atoms with Crippen LogP contribution in [0.4, 0.5) is 11.4 Å². The fraction of sp³-hybridized carbons (Fsp3) is 0.403. The van der Waals surface area contributed by atoms with E-state index in [-0.39, 0.29) is 69.1 Å². The van der Waals surface area contributed by atoms with Crippen molar-refractivity contribution < 1.29 is 62.0 Å². The molecule has 19 nitrogen and oxygen atoms in total. The van der Waals surface area contributed by atoms with E-state index >= 15 is 0 Å². The largest absolute Gasteiger partial charge is 0.496 e. The van der Waals surface area contributed by atoms with Crippen molar-refractivity contribution >= 4 is 52.7 Å². The molecule has 81 heavy (non-hydrogen) atoms. The number of ketones is 1. The summed E-state index contributed by atoms with van der Waals surface area (Å²) in [6.45, 7) is 6.17. The van der Waals surface area contributed by atoms with Crippen molar-refractivity contribution in [3.8, 4) is 28.7 Å². The van der Waals surface area contributed by atoms with Gasteiger partial charge in [0.2, 0.25) is 17.7 Å². The number of nitrogens with zero attached hydrogens (tertiary/aromatic N) is 4. The number of hydrogen-bond donors (Lipinski definition) is 2. The highest BCUT2D eigenvalue weighted by molar-refractivity contribution is 6.06. The Morgan fingerprint density at radius 1 is 0.790 bits per heavy atom. The number of azo groups is 1. The lowest BCUT2D eigenvalue weighted by atomic mass is 9.90. The molecule has 5 aromatic rings. The van der Waals surface area contributed by atoms with Gasteiger partial charge in [-0.1, -0.05) is 49.4 Å². The molecule has 1 unspecified atom stereocenters. The van der Waals surface area contributed by atoms with Gasteiger partial charge in [0.15, 0.2) is 23.9 Å². The number of methoxy groups -OCH3 is 3. The maximum absolute atomic E-state index is 14.5. The van der Waals surface area contributed by atoms with E-state index < -0.39 is 41.9 Å². The van der Waals surface area contributed by atoms with Crippen LogP contribution in [0, 0.1) is 13.8 Å². The quantitative estimate of drug-likeness (QED) is 0.0241. The number of imide groups is 1. The van der Waals surface area contributed by atoms with Gasteiger partial charge >= 0.3 is 5.97 Å². The summed E-state index contributed by atoms with van der Waals surface area (Å²) in [7, 11) is 4.77.